The molecular weight excluding hydrogens is 484 g/mol. The third-order valence-corrected chi connectivity index (χ3v) is 7.79. The Balaban J connectivity index is 1.24. The summed E-state index contributed by atoms with van der Waals surface area (Å²) in [5.41, 5.74) is 3.39. The molecule has 0 bridgehead atoms. The number of halogens is 2. The lowest BCUT2D eigenvalue weighted by atomic mass is 10.00. The summed E-state index contributed by atoms with van der Waals surface area (Å²) in [5, 5.41) is 6.52. The smallest absolute Gasteiger partial charge is 0.251 e. The quantitative estimate of drug-likeness (QED) is 0.376. The van der Waals surface area contributed by atoms with Gasteiger partial charge in [0.15, 0.2) is 0 Å². The molecule has 38 heavy (non-hydrogen) atoms. The number of rotatable bonds is 9. The fraction of sp³-hybridized carbons (Fsp3) is 0.355. The van der Waals surface area contributed by atoms with Gasteiger partial charge in [-0.25, -0.2) is 8.78 Å². The van der Waals surface area contributed by atoms with Gasteiger partial charge in [0.05, 0.1) is 0 Å². The molecular formula is C31H33F2N3O2. The van der Waals surface area contributed by atoms with Crippen LogP contribution < -0.4 is 15.5 Å². The molecule has 1 aliphatic heterocycles. The number of carbonyl (C=O) groups excluding carboxylic acids is 2. The number of hydrogen-bond donors (Lipinski definition) is 2. The predicted molar refractivity (Wildman–Crippen MR) is 144 cm³/mol. The highest BCUT2D eigenvalue weighted by Gasteiger charge is 2.50. The first-order chi connectivity index (χ1) is 18.3. The van der Waals surface area contributed by atoms with Crippen LogP contribution in [0.2, 0.25) is 0 Å². The first-order valence-corrected chi connectivity index (χ1v) is 13.3. The van der Waals surface area contributed by atoms with Gasteiger partial charge in [0, 0.05) is 29.3 Å². The Hall–Kier alpha value is -3.58. The third-order valence-electron chi connectivity index (χ3n) is 7.79. The molecule has 2 amide bonds. The van der Waals surface area contributed by atoms with E-state index in [0.29, 0.717) is 37.4 Å². The zero-order valence-electron chi connectivity index (χ0n) is 21.6. The fourth-order valence-electron chi connectivity index (χ4n) is 5.47. The maximum absolute atomic E-state index is 13.8. The second kappa shape index (κ2) is 11.0. The Morgan fingerprint density at radius 3 is 2.42 bits per heavy atom. The Morgan fingerprint density at radius 1 is 1.00 bits per heavy atom. The molecule has 1 saturated carbocycles. The fourth-order valence-corrected chi connectivity index (χ4v) is 5.47. The van der Waals surface area contributed by atoms with E-state index in [1.54, 1.807) is 4.90 Å². The third kappa shape index (κ3) is 5.78. The van der Waals surface area contributed by atoms with Crippen LogP contribution in [0.1, 0.15) is 60.0 Å². The van der Waals surface area contributed by atoms with E-state index < -0.39 is 17.8 Å². The first-order valence-electron chi connectivity index (χ1n) is 13.3. The molecule has 1 heterocycles. The Kier molecular flexibility index (Phi) is 7.56. The van der Waals surface area contributed by atoms with E-state index in [4.69, 9.17) is 0 Å². The van der Waals surface area contributed by atoms with Gasteiger partial charge in [-0.1, -0.05) is 30.3 Å². The molecule has 1 aliphatic carbocycles. The number of carbonyl (C=O) groups is 2. The van der Waals surface area contributed by atoms with E-state index in [2.05, 4.69) is 17.6 Å². The molecule has 1 fully saturated rings. The van der Waals surface area contributed by atoms with Crippen molar-refractivity contribution in [3.63, 3.8) is 0 Å². The van der Waals surface area contributed by atoms with Gasteiger partial charge in [0.2, 0.25) is 5.91 Å². The van der Waals surface area contributed by atoms with Crippen LogP contribution >= 0.6 is 0 Å². The monoisotopic (exact) mass is 517 g/mol. The number of nitrogens with zero attached hydrogens (tertiary/aromatic N) is 1. The van der Waals surface area contributed by atoms with Gasteiger partial charge in [-0.2, -0.15) is 0 Å². The number of anilines is 1. The Morgan fingerprint density at radius 2 is 1.68 bits per heavy atom. The Labute approximate surface area is 222 Å². The summed E-state index contributed by atoms with van der Waals surface area (Å²) in [5.74, 6) is -0.860. The number of hydrogen-bond acceptors (Lipinski definition) is 3. The summed E-state index contributed by atoms with van der Waals surface area (Å²) in [6.07, 6.45) is 3.90. The maximum Gasteiger partial charge on any atom is 0.251 e. The predicted octanol–water partition coefficient (Wildman–Crippen LogP) is 5.36. The van der Waals surface area contributed by atoms with Crippen LogP contribution in [0.4, 0.5) is 14.5 Å². The average Bonchev–Trinajstić information content (AvgIpc) is 3.61. The molecule has 5 nitrogen and oxygen atoms in total. The van der Waals surface area contributed by atoms with Crippen LogP contribution in [0, 0.1) is 11.6 Å². The molecule has 5 rings (SSSR count). The summed E-state index contributed by atoms with van der Waals surface area (Å²) in [6.45, 7) is 3.44. The van der Waals surface area contributed by atoms with Gasteiger partial charge in [0.25, 0.3) is 5.91 Å². The van der Waals surface area contributed by atoms with Crippen molar-refractivity contribution in [2.75, 3.05) is 18.0 Å². The molecule has 3 atom stereocenters. The van der Waals surface area contributed by atoms with Gasteiger partial charge in [0.1, 0.15) is 17.7 Å². The first kappa shape index (κ1) is 26.0. The van der Waals surface area contributed by atoms with E-state index in [1.165, 1.54) is 36.4 Å². The standard InChI is InChI=1S/C31H33F2N3O2/c1-31(20-26(31)21-10-14-24(32)15-11-21)34-18-4-8-27(35-29(37)23-12-16-25(33)17-13-23)30(38)36-19-5-7-22-6-2-3-9-28(22)36/h2-3,6,9-17,26-27,34H,4-5,7-8,18-20H2,1H3,(H,35,37)/t26-,27-,31+/m0/s1. The zero-order valence-corrected chi connectivity index (χ0v) is 21.6. The molecule has 3 aromatic rings. The summed E-state index contributed by atoms with van der Waals surface area (Å²) >= 11 is 0. The highest BCUT2D eigenvalue weighted by molar-refractivity contribution is 6.02. The number of benzene rings is 3. The molecule has 0 aromatic heterocycles. The zero-order chi connectivity index (χ0) is 26.7. The van der Waals surface area contributed by atoms with Crippen LogP contribution in [0.3, 0.4) is 0 Å². The molecule has 0 saturated heterocycles. The number of nitrogens with one attached hydrogen (secondary N) is 2. The SMILES string of the molecule is C[C@@]1(NCCC[C@H](NC(=O)c2ccc(F)cc2)C(=O)N2CCCc3ccccc32)C[C@H]1c1ccc(F)cc1. The highest BCUT2D eigenvalue weighted by atomic mass is 19.1. The minimum absolute atomic E-state index is 0.0689. The van der Waals surface area contributed by atoms with Crippen molar-refractivity contribution in [3.8, 4) is 0 Å². The van der Waals surface area contributed by atoms with Crippen LogP contribution in [0.25, 0.3) is 0 Å². The van der Waals surface area contributed by atoms with Crippen molar-refractivity contribution in [3.05, 3.63) is 101 Å². The van der Waals surface area contributed by atoms with E-state index in [0.717, 1.165) is 36.1 Å². The van der Waals surface area contributed by atoms with Crippen molar-refractivity contribution in [1.82, 2.24) is 10.6 Å². The molecule has 0 radical (unpaired) electrons. The Bertz CT molecular complexity index is 1300. The molecule has 2 N–H and O–H groups in total. The number of amides is 2. The van der Waals surface area contributed by atoms with Crippen LogP contribution in [-0.4, -0.2) is 36.5 Å². The molecule has 7 heteroatoms. The molecule has 2 aliphatic rings. The van der Waals surface area contributed by atoms with E-state index >= 15 is 0 Å². The van der Waals surface area contributed by atoms with Crippen molar-refractivity contribution >= 4 is 17.5 Å². The van der Waals surface area contributed by atoms with Crippen LogP contribution in [0.5, 0.6) is 0 Å². The molecule has 0 spiro atoms. The molecule has 198 valence electrons. The summed E-state index contributed by atoms with van der Waals surface area (Å²) in [4.78, 5) is 28.5. The number of aryl methyl sites for hydroxylation is 1. The van der Waals surface area contributed by atoms with Gasteiger partial charge < -0.3 is 15.5 Å². The minimum Gasteiger partial charge on any atom is -0.340 e. The second-order valence-corrected chi connectivity index (χ2v) is 10.5. The average molecular weight is 518 g/mol. The highest BCUT2D eigenvalue weighted by Crippen LogP contribution is 2.51. The van der Waals surface area contributed by atoms with Gasteiger partial charge in [-0.15, -0.1) is 0 Å². The molecule has 3 aromatic carbocycles. The normalized spacial score (nSPS) is 20.9. The van der Waals surface area contributed by atoms with E-state index in [1.807, 2.05) is 36.4 Å². The summed E-state index contributed by atoms with van der Waals surface area (Å²) in [6, 6.07) is 19.2. The lowest BCUT2D eigenvalue weighted by Crippen LogP contribution is -2.50. The lowest BCUT2D eigenvalue weighted by molar-refractivity contribution is -0.120. The summed E-state index contributed by atoms with van der Waals surface area (Å²) < 4.78 is 26.7. The lowest BCUT2D eigenvalue weighted by Gasteiger charge is -2.32. The minimum atomic E-state index is -0.708. The largest absolute Gasteiger partial charge is 0.340 e. The maximum atomic E-state index is 13.8. The van der Waals surface area contributed by atoms with Gasteiger partial charge in [-0.3, -0.25) is 9.59 Å². The number of para-hydroxylation sites is 1. The van der Waals surface area contributed by atoms with Gasteiger partial charge in [-0.05, 0) is 99.2 Å². The van der Waals surface area contributed by atoms with Gasteiger partial charge >= 0.3 is 0 Å². The molecule has 0 unspecified atom stereocenters. The summed E-state index contributed by atoms with van der Waals surface area (Å²) in [7, 11) is 0. The van der Waals surface area contributed by atoms with E-state index in [9.17, 15) is 18.4 Å². The van der Waals surface area contributed by atoms with Crippen molar-refractivity contribution in [1.29, 1.82) is 0 Å². The van der Waals surface area contributed by atoms with Crippen molar-refractivity contribution < 1.29 is 18.4 Å². The van der Waals surface area contributed by atoms with Crippen molar-refractivity contribution in [2.24, 2.45) is 0 Å². The van der Waals surface area contributed by atoms with Crippen LogP contribution in [-0.2, 0) is 11.2 Å². The second-order valence-electron chi connectivity index (χ2n) is 10.5. The number of fused-ring (bicyclic) bond motifs is 1. The van der Waals surface area contributed by atoms with Crippen molar-refractivity contribution in [2.45, 2.75) is 56.5 Å². The van der Waals surface area contributed by atoms with Crippen LogP contribution in [0.15, 0.2) is 72.8 Å². The van der Waals surface area contributed by atoms with E-state index in [-0.39, 0.29) is 17.3 Å². The topological polar surface area (TPSA) is 61.4 Å².